The molecule has 0 N–H and O–H groups in total. The Morgan fingerprint density at radius 2 is 1.77 bits per heavy atom. The van der Waals surface area contributed by atoms with Gasteiger partial charge in [0.05, 0.1) is 11.8 Å². The van der Waals surface area contributed by atoms with Crippen LogP contribution in [0.2, 0.25) is 0 Å². The van der Waals surface area contributed by atoms with E-state index in [9.17, 15) is 9.59 Å². The first-order chi connectivity index (χ1) is 10.4. The van der Waals surface area contributed by atoms with Gasteiger partial charge < -0.3 is 0 Å². The number of hydrogen-bond donors (Lipinski definition) is 0. The number of amides is 2. The van der Waals surface area contributed by atoms with Crippen molar-refractivity contribution in [2.75, 3.05) is 7.05 Å². The maximum atomic E-state index is 12.3. The summed E-state index contributed by atoms with van der Waals surface area (Å²) in [6.07, 6.45) is 9.40. The minimum absolute atomic E-state index is 0.00997. The number of allylic oxidation sites excluding steroid dienone is 3. The molecule has 1 heterocycles. The summed E-state index contributed by atoms with van der Waals surface area (Å²) in [7, 11) is 1.61. The molecule has 0 aromatic rings. The van der Waals surface area contributed by atoms with Crippen molar-refractivity contribution in [1.82, 2.24) is 4.90 Å². The van der Waals surface area contributed by atoms with Crippen LogP contribution in [0.3, 0.4) is 0 Å². The van der Waals surface area contributed by atoms with Crippen molar-refractivity contribution in [2.45, 2.75) is 40.0 Å². The average molecular weight is 303 g/mol. The molecule has 1 saturated carbocycles. The van der Waals surface area contributed by atoms with Gasteiger partial charge in [0.15, 0.2) is 0 Å². The van der Waals surface area contributed by atoms with Gasteiger partial charge in [-0.05, 0) is 42.9 Å². The Labute approximate surface area is 134 Å². The Kier molecular flexibility index (Phi) is 5.25. The van der Waals surface area contributed by atoms with Gasteiger partial charge in [-0.2, -0.15) is 0 Å². The zero-order chi connectivity index (χ0) is 16.4. The van der Waals surface area contributed by atoms with Gasteiger partial charge in [-0.3, -0.25) is 14.5 Å². The van der Waals surface area contributed by atoms with Crippen LogP contribution in [0.1, 0.15) is 40.0 Å². The van der Waals surface area contributed by atoms with Gasteiger partial charge in [-0.15, -0.1) is 6.58 Å². The fraction of sp³-hybridized carbons (Fsp3) is 0.684. The Hall–Kier alpha value is -1.38. The van der Waals surface area contributed by atoms with Gasteiger partial charge in [0.1, 0.15) is 0 Å². The zero-order valence-electron chi connectivity index (χ0n) is 14.3. The first-order valence-corrected chi connectivity index (χ1v) is 8.47. The van der Waals surface area contributed by atoms with E-state index in [1.54, 1.807) is 7.05 Å². The summed E-state index contributed by atoms with van der Waals surface area (Å²) in [5, 5.41) is 0. The lowest BCUT2D eigenvalue weighted by molar-refractivity contribution is -0.139. The molecule has 1 aliphatic heterocycles. The molecule has 3 nitrogen and oxygen atoms in total. The lowest BCUT2D eigenvalue weighted by Crippen LogP contribution is -2.29. The predicted octanol–water partition coefficient (Wildman–Crippen LogP) is 3.67. The first-order valence-electron chi connectivity index (χ1n) is 8.47. The van der Waals surface area contributed by atoms with Crippen molar-refractivity contribution in [3.63, 3.8) is 0 Å². The molecule has 2 aliphatic rings. The van der Waals surface area contributed by atoms with Crippen molar-refractivity contribution in [3.05, 3.63) is 24.8 Å². The van der Waals surface area contributed by atoms with Gasteiger partial charge in [0, 0.05) is 7.05 Å². The van der Waals surface area contributed by atoms with Crippen LogP contribution in [-0.4, -0.2) is 23.8 Å². The van der Waals surface area contributed by atoms with Crippen LogP contribution in [0.25, 0.3) is 0 Å². The zero-order valence-corrected chi connectivity index (χ0v) is 14.3. The van der Waals surface area contributed by atoms with E-state index in [-0.39, 0.29) is 35.5 Å². The van der Waals surface area contributed by atoms with E-state index in [0.29, 0.717) is 11.8 Å². The molecule has 0 radical (unpaired) electrons. The second-order valence-electron chi connectivity index (χ2n) is 7.48. The van der Waals surface area contributed by atoms with Crippen molar-refractivity contribution in [2.24, 2.45) is 35.5 Å². The summed E-state index contributed by atoms with van der Waals surface area (Å²) in [4.78, 5) is 25.9. The fourth-order valence-corrected chi connectivity index (χ4v) is 4.20. The molecule has 1 aliphatic carbocycles. The predicted molar refractivity (Wildman–Crippen MR) is 88.9 cm³/mol. The number of rotatable bonds is 6. The van der Waals surface area contributed by atoms with Crippen LogP contribution in [0.15, 0.2) is 24.8 Å². The first kappa shape index (κ1) is 17.0. The standard InChI is InChI=1S/C19H29NO2/c1-6-14-11-15(9-7-8-13(4)10-12(2)3)17-16(14)18(21)20(5)19(17)22/h6-7,9,12-17H,1,8,10-11H2,2-5H3/b9-7+/t13?,14-,15+,16+,17-/m0/s1. The third kappa shape index (κ3) is 3.18. The second-order valence-corrected chi connectivity index (χ2v) is 7.48. The molecular formula is C19H29NO2. The smallest absolute Gasteiger partial charge is 0.233 e. The minimum atomic E-state index is -0.183. The van der Waals surface area contributed by atoms with Crippen molar-refractivity contribution >= 4 is 11.8 Å². The molecule has 0 aromatic heterocycles. The Morgan fingerprint density at radius 3 is 2.32 bits per heavy atom. The van der Waals surface area contributed by atoms with Crippen LogP contribution >= 0.6 is 0 Å². The third-order valence-electron chi connectivity index (χ3n) is 5.18. The van der Waals surface area contributed by atoms with Crippen molar-refractivity contribution in [1.29, 1.82) is 0 Å². The molecule has 1 unspecified atom stereocenters. The van der Waals surface area contributed by atoms with E-state index in [1.165, 1.54) is 11.3 Å². The lowest BCUT2D eigenvalue weighted by Gasteiger charge is -2.15. The number of fused-ring (bicyclic) bond motifs is 1. The molecule has 2 amide bonds. The molecule has 5 atom stereocenters. The molecule has 2 rings (SSSR count). The largest absolute Gasteiger partial charge is 0.285 e. The summed E-state index contributed by atoms with van der Waals surface area (Å²) in [5.41, 5.74) is 0. The van der Waals surface area contributed by atoms with E-state index in [0.717, 1.165) is 12.8 Å². The highest BCUT2D eigenvalue weighted by Crippen LogP contribution is 2.48. The van der Waals surface area contributed by atoms with Crippen molar-refractivity contribution in [3.8, 4) is 0 Å². The van der Waals surface area contributed by atoms with E-state index in [1.807, 2.05) is 6.08 Å². The van der Waals surface area contributed by atoms with Crippen molar-refractivity contribution < 1.29 is 9.59 Å². The SMILES string of the molecule is C=C[C@H]1C[C@@H](/C=C/CC(C)CC(C)C)[C@@H]2C(=O)N(C)C(=O)[C@@H]21. The highest BCUT2D eigenvalue weighted by molar-refractivity contribution is 6.05. The molecule has 0 bridgehead atoms. The Morgan fingerprint density at radius 1 is 1.18 bits per heavy atom. The Balaban J connectivity index is 2.04. The number of hydrogen-bond acceptors (Lipinski definition) is 2. The van der Waals surface area contributed by atoms with E-state index in [4.69, 9.17) is 0 Å². The molecule has 0 spiro atoms. The van der Waals surface area contributed by atoms with Gasteiger partial charge in [-0.1, -0.05) is 39.0 Å². The van der Waals surface area contributed by atoms with E-state index < -0.39 is 0 Å². The second kappa shape index (κ2) is 6.80. The molecule has 1 saturated heterocycles. The van der Waals surface area contributed by atoms with Crippen LogP contribution in [0.4, 0.5) is 0 Å². The summed E-state index contributed by atoms with van der Waals surface area (Å²) >= 11 is 0. The van der Waals surface area contributed by atoms with Gasteiger partial charge >= 0.3 is 0 Å². The monoisotopic (exact) mass is 303 g/mol. The quantitative estimate of drug-likeness (QED) is 0.554. The van der Waals surface area contributed by atoms with Gasteiger partial charge in [-0.25, -0.2) is 0 Å². The van der Waals surface area contributed by atoms with Gasteiger partial charge in [0.25, 0.3) is 0 Å². The fourth-order valence-electron chi connectivity index (χ4n) is 4.20. The highest BCUT2D eigenvalue weighted by atomic mass is 16.2. The number of carbonyl (C=O) groups is 2. The van der Waals surface area contributed by atoms with Crippen LogP contribution < -0.4 is 0 Å². The summed E-state index contributed by atoms with van der Waals surface area (Å²) in [6.45, 7) is 10.6. The number of nitrogens with zero attached hydrogens (tertiary/aromatic N) is 1. The minimum Gasteiger partial charge on any atom is -0.285 e. The van der Waals surface area contributed by atoms with Crippen LogP contribution in [0.5, 0.6) is 0 Å². The molecule has 2 fully saturated rings. The molecule has 3 heteroatoms. The molecule has 22 heavy (non-hydrogen) atoms. The third-order valence-corrected chi connectivity index (χ3v) is 5.18. The number of imide groups is 1. The topological polar surface area (TPSA) is 37.4 Å². The number of likely N-dealkylation sites (tertiary alicyclic amines) is 1. The van der Waals surface area contributed by atoms with E-state index in [2.05, 4.69) is 39.5 Å². The van der Waals surface area contributed by atoms with Crippen LogP contribution in [0, 0.1) is 35.5 Å². The lowest BCUT2D eigenvalue weighted by atomic mass is 9.88. The normalized spacial score (nSPS) is 33.0. The van der Waals surface area contributed by atoms with Gasteiger partial charge in [0.2, 0.25) is 11.8 Å². The maximum Gasteiger partial charge on any atom is 0.233 e. The molecule has 122 valence electrons. The molecule has 0 aromatic carbocycles. The maximum absolute atomic E-state index is 12.3. The van der Waals surface area contributed by atoms with E-state index >= 15 is 0 Å². The molecular weight excluding hydrogens is 274 g/mol. The highest BCUT2D eigenvalue weighted by Gasteiger charge is 2.55. The Bertz CT molecular complexity index is 480. The number of carbonyl (C=O) groups excluding carboxylic acids is 2. The summed E-state index contributed by atoms with van der Waals surface area (Å²) < 4.78 is 0. The summed E-state index contributed by atoms with van der Waals surface area (Å²) in [5.74, 6) is 1.30. The summed E-state index contributed by atoms with van der Waals surface area (Å²) in [6, 6.07) is 0. The van der Waals surface area contributed by atoms with Crippen LogP contribution in [-0.2, 0) is 9.59 Å². The average Bonchev–Trinajstić information content (AvgIpc) is 2.91.